The first-order valence-electron chi connectivity index (χ1n) is 9.58. The van der Waals surface area contributed by atoms with E-state index in [9.17, 15) is 13.2 Å². The quantitative estimate of drug-likeness (QED) is 0.481. The molecule has 0 aliphatic rings. The van der Waals surface area contributed by atoms with Gasteiger partial charge in [-0.05, 0) is 57.7 Å². The van der Waals surface area contributed by atoms with Crippen LogP contribution in [0.15, 0.2) is 12.1 Å². The van der Waals surface area contributed by atoms with Gasteiger partial charge in [-0.15, -0.1) is 0 Å². The maximum Gasteiger partial charge on any atom is 0.203 e. The number of aryl methyl sites for hydroxylation is 1. The van der Waals surface area contributed by atoms with Gasteiger partial charge in [0.2, 0.25) is 5.75 Å². The van der Waals surface area contributed by atoms with Crippen LogP contribution in [0.2, 0.25) is 0 Å². The molecule has 160 valence electrons. The van der Waals surface area contributed by atoms with E-state index < -0.39 is 14.6 Å². The normalized spacial score (nSPS) is 11.9. The third-order valence-corrected chi connectivity index (χ3v) is 7.41. The SMILES string of the molecule is COc1cc(CCC(=O)CCCCCS(=O)(=O)C(C)(C)C)cc(OC)c1OC. The smallest absolute Gasteiger partial charge is 0.203 e. The van der Waals surface area contributed by atoms with Gasteiger partial charge in [0.15, 0.2) is 21.3 Å². The van der Waals surface area contributed by atoms with E-state index in [1.54, 1.807) is 42.1 Å². The van der Waals surface area contributed by atoms with Crippen molar-refractivity contribution in [3.8, 4) is 17.2 Å². The number of benzene rings is 1. The molecule has 28 heavy (non-hydrogen) atoms. The van der Waals surface area contributed by atoms with Crippen LogP contribution in [0.4, 0.5) is 0 Å². The first kappa shape index (κ1) is 24.3. The van der Waals surface area contributed by atoms with Crippen molar-refractivity contribution in [2.24, 2.45) is 0 Å². The van der Waals surface area contributed by atoms with Crippen LogP contribution in [0.3, 0.4) is 0 Å². The number of rotatable bonds is 12. The van der Waals surface area contributed by atoms with Gasteiger partial charge in [-0.25, -0.2) is 8.42 Å². The number of carbonyl (C=O) groups is 1. The van der Waals surface area contributed by atoms with Gasteiger partial charge in [0, 0.05) is 12.8 Å². The molecule has 0 aromatic heterocycles. The van der Waals surface area contributed by atoms with Crippen molar-refractivity contribution in [1.82, 2.24) is 0 Å². The van der Waals surface area contributed by atoms with Gasteiger partial charge < -0.3 is 14.2 Å². The van der Waals surface area contributed by atoms with Gasteiger partial charge in [-0.2, -0.15) is 0 Å². The third kappa shape index (κ3) is 7.00. The summed E-state index contributed by atoms with van der Waals surface area (Å²) in [5, 5.41) is 0. The molecule has 7 heteroatoms. The Labute approximate surface area is 169 Å². The Kier molecular flexibility index (Phi) is 9.27. The van der Waals surface area contributed by atoms with Crippen LogP contribution in [-0.2, 0) is 21.1 Å². The van der Waals surface area contributed by atoms with Crippen LogP contribution < -0.4 is 14.2 Å². The van der Waals surface area contributed by atoms with E-state index >= 15 is 0 Å². The zero-order chi connectivity index (χ0) is 21.4. The summed E-state index contributed by atoms with van der Waals surface area (Å²) in [4.78, 5) is 12.2. The minimum Gasteiger partial charge on any atom is -0.493 e. The van der Waals surface area contributed by atoms with Crippen LogP contribution in [0.1, 0.15) is 58.4 Å². The summed E-state index contributed by atoms with van der Waals surface area (Å²) in [6.45, 7) is 5.15. The van der Waals surface area contributed by atoms with E-state index in [2.05, 4.69) is 0 Å². The molecule has 0 spiro atoms. The van der Waals surface area contributed by atoms with Crippen LogP contribution in [-0.4, -0.2) is 46.0 Å². The van der Waals surface area contributed by atoms with E-state index in [0.717, 1.165) is 12.0 Å². The van der Waals surface area contributed by atoms with Crippen LogP contribution in [0.5, 0.6) is 17.2 Å². The molecule has 0 fully saturated rings. The molecule has 0 aliphatic heterocycles. The largest absolute Gasteiger partial charge is 0.493 e. The Hall–Kier alpha value is -1.76. The van der Waals surface area contributed by atoms with E-state index in [0.29, 0.717) is 49.4 Å². The first-order chi connectivity index (χ1) is 13.1. The zero-order valence-electron chi connectivity index (χ0n) is 18.0. The van der Waals surface area contributed by atoms with Crippen molar-refractivity contribution in [2.45, 2.75) is 64.0 Å². The molecule has 0 saturated heterocycles. The molecule has 0 radical (unpaired) electrons. The van der Waals surface area contributed by atoms with E-state index in [1.165, 1.54) is 0 Å². The highest BCUT2D eigenvalue weighted by molar-refractivity contribution is 7.92. The summed E-state index contributed by atoms with van der Waals surface area (Å²) in [5.74, 6) is 2.03. The van der Waals surface area contributed by atoms with Crippen molar-refractivity contribution in [3.63, 3.8) is 0 Å². The van der Waals surface area contributed by atoms with Crippen molar-refractivity contribution < 1.29 is 27.4 Å². The van der Waals surface area contributed by atoms with Crippen LogP contribution in [0, 0.1) is 0 Å². The highest BCUT2D eigenvalue weighted by Crippen LogP contribution is 2.38. The first-order valence-corrected chi connectivity index (χ1v) is 11.2. The molecule has 1 aromatic carbocycles. The predicted molar refractivity (Wildman–Crippen MR) is 111 cm³/mol. The second-order valence-electron chi connectivity index (χ2n) is 7.81. The molecule has 6 nitrogen and oxygen atoms in total. The Morgan fingerprint density at radius 2 is 1.46 bits per heavy atom. The summed E-state index contributed by atoms with van der Waals surface area (Å²) < 4.78 is 39.4. The van der Waals surface area contributed by atoms with Crippen molar-refractivity contribution in [2.75, 3.05) is 27.1 Å². The number of ether oxygens (including phenoxy) is 3. The van der Waals surface area contributed by atoms with Gasteiger partial charge >= 0.3 is 0 Å². The van der Waals surface area contributed by atoms with Crippen LogP contribution in [0.25, 0.3) is 0 Å². The summed E-state index contributed by atoms with van der Waals surface area (Å²) >= 11 is 0. The minimum atomic E-state index is -3.08. The molecule has 1 aromatic rings. The lowest BCUT2D eigenvalue weighted by Gasteiger charge is -2.18. The van der Waals surface area contributed by atoms with Crippen molar-refractivity contribution in [1.29, 1.82) is 0 Å². The molecular weight excluding hydrogens is 380 g/mol. The van der Waals surface area contributed by atoms with Crippen molar-refractivity contribution in [3.05, 3.63) is 17.7 Å². The number of hydrogen-bond donors (Lipinski definition) is 0. The van der Waals surface area contributed by atoms with Gasteiger partial charge in [0.1, 0.15) is 5.78 Å². The molecule has 0 heterocycles. The van der Waals surface area contributed by atoms with Gasteiger partial charge in [-0.1, -0.05) is 6.42 Å². The Morgan fingerprint density at radius 1 is 0.893 bits per heavy atom. The summed E-state index contributed by atoms with van der Waals surface area (Å²) in [6.07, 6.45) is 3.55. The number of sulfone groups is 1. The standard InChI is InChI=1S/C21H34O6S/c1-21(2,3)28(23,24)13-9-7-8-10-17(22)12-11-16-14-18(25-4)20(27-6)19(15-16)26-5/h14-15H,7-13H2,1-6H3. The topological polar surface area (TPSA) is 78.9 Å². The fourth-order valence-corrected chi connectivity index (χ4v) is 3.98. The summed E-state index contributed by atoms with van der Waals surface area (Å²) in [5.41, 5.74) is 0.944. The van der Waals surface area contributed by atoms with Gasteiger partial charge in [-0.3, -0.25) is 4.79 Å². The number of methoxy groups -OCH3 is 3. The molecule has 1 rings (SSSR count). The van der Waals surface area contributed by atoms with E-state index in [1.807, 2.05) is 12.1 Å². The fourth-order valence-electron chi connectivity index (χ4n) is 2.79. The number of Topliss-reactive ketones (excluding diaryl/α,β-unsaturated/α-hetero) is 1. The van der Waals surface area contributed by atoms with E-state index in [4.69, 9.17) is 14.2 Å². The maximum absolute atomic E-state index is 12.2. The Bertz CT molecular complexity index is 722. The minimum absolute atomic E-state index is 0.174. The van der Waals surface area contributed by atoms with Gasteiger partial charge in [0.05, 0.1) is 31.8 Å². The maximum atomic E-state index is 12.2. The summed E-state index contributed by atoms with van der Waals surface area (Å²) in [7, 11) is 1.59. The Balaban J connectivity index is 2.45. The molecule has 0 atom stereocenters. The molecule has 0 aliphatic carbocycles. The molecule has 0 unspecified atom stereocenters. The predicted octanol–water partition coefficient (Wildman–Crippen LogP) is 3.99. The zero-order valence-corrected chi connectivity index (χ0v) is 18.8. The van der Waals surface area contributed by atoms with E-state index in [-0.39, 0.29) is 11.5 Å². The lowest BCUT2D eigenvalue weighted by atomic mass is 10.0. The third-order valence-electron chi connectivity index (χ3n) is 4.72. The fraction of sp³-hybridized carbons (Fsp3) is 0.667. The molecular formula is C21H34O6S. The van der Waals surface area contributed by atoms with Gasteiger partial charge in [0.25, 0.3) is 0 Å². The number of hydrogen-bond acceptors (Lipinski definition) is 6. The molecule has 0 N–H and O–H groups in total. The lowest BCUT2D eigenvalue weighted by Crippen LogP contribution is -2.30. The summed E-state index contributed by atoms with van der Waals surface area (Å²) in [6, 6.07) is 3.71. The highest BCUT2D eigenvalue weighted by Gasteiger charge is 2.27. The second-order valence-corrected chi connectivity index (χ2v) is 10.7. The highest BCUT2D eigenvalue weighted by atomic mass is 32.2. The second kappa shape index (κ2) is 10.7. The monoisotopic (exact) mass is 414 g/mol. The number of unbranched alkanes of at least 4 members (excludes halogenated alkanes) is 2. The van der Waals surface area contributed by atoms with Crippen LogP contribution >= 0.6 is 0 Å². The van der Waals surface area contributed by atoms with Crippen molar-refractivity contribution >= 4 is 15.6 Å². The Morgan fingerprint density at radius 3 is 1.93 bits per heavy atom. The molecule has 0 amide bonds. The molecule has 0 bridgehead atoms. The average Bonchev–Trinajstić information content (AvgIpc) is 2.63. The number of ketones is 1. The number of carbonyl (C=O) groups excluding carboxylic acids is 1. The average molecular weight is 415 g/mol. The lowest BCUT2D eigenvalue weighted by molar-refractivity contribution is -0.119. The molecule has 0 saturated carbocycles.